The number of carbonyl (C=O) groups is 1. The van der Waals surface area contributed by atoms with Crippen molar-refractivity contribution in [2.24, 2.45) is 13.0 Å². The summed E-state index contributed by atoms with van der Waals surface area (Å²) in [6.07, 6.45) is 2.94. The predicted octanol–water partition coefficient (Wildman–Crippen LogP) is 1.89. The number of hydrogen-bond donors (Lipinski definition) is 1. The summed E-state index contributed by atoms with van der Waals surface area (Å²) in [7, 11) is 3.51. The lowest BCUT2D eigenvalue weighted by atomic mass is 9.96. The molecule has 1 fully saturated rings. The van der Waals surface area contributed by atoms with E-state index in [9.17, 15) is 4.79 Å². The molecule has 7 heteroatoms. The topological polar surface area (TPSA) is 78.3 Å². The molecule has 2 aromatic rings. The second-order valence-corrected chi connectivity index (χ2v) is 6.39. The van der Waals surface area contributed by atoms with E-state index in [-0.39, 0.29) is 11.8 Å². The van der Waals surface area contributed by atoms with E-state index in [4.69, 9.17) is 9.47 Å². The molecule has 126 valence electrons. The zero-order chi connectivity index (χ0) is 16.7. The van der Waals surface area contributed by atoms with Crippen molar-refractivity contribution in [2.75, 3.05) is 19.0 Å². The first-order valence-electron chi connectivity index (χ1n) is 8.15. The van der Waals surface area contributed by atoms with Gasteiger partial charge in [0.25, 0.3) is 0 Å². The molecule has 0 saturated heterocycles. The summed E-state index contributed by atoms with van der Waals surface area (Å²) < 4.78 is 12.8. The minimum absolute atomic E-state index is 0.0886. The first kappa shape index (κ1) is 15.0. The summed E-state index contributed by atoms with van der Waals surface area (Å²) in [5, 5.41) is 11.2. The number of anilines is 1. The average Bonchev–Trinajstić information content (AvgIpc) is 3.39. The number of carbonyl (C=O) groups excluding carboxylic acids is 1. The smallest absolute Gasteiger partial charge is 0.233 e. The number of ether oxygens (including phenoxy) is 2. The lowest BCUT2D eigenvalue weighted by Gasteiger charge is -2.24. The highest BCUT2D eigenvalue weighted by molar-refractivity contribution is 5.91. The van der Waals surface area contributed by atoms with Crippen LogP contribution in [0.2, 0.25) is 0 Å². The van der Waals surface area contributed by atoms with Gasteiger partial charge >= 0.3 is 0 Å². The Morgan fingerprint density at radius 2 is 2.21 bits per heavy atom. The summed E-state index contributed by atoms with van der Waals surface area (Å²) in [5.74, 6) is 3.15. The van der Waals surface area contributed by atoms with Crippen molar-refractivity contribution in [3.63, 3.8) is 0 Å². The maximum atomic E-state index is 12.6. The van der Waals surface area contributed by atoms with E-state index in [0.717, 1.165) is 35.7 Å². The maximum absolute atomic E-state index is 12.6. The second kappa shape index (κ2) is 5.81. The number of nitrogens with zero attached hydrogens (tertiary/aromatic N) is 3. The molecule has 2 heterocycles. The van der Waals surface area contributed by atoms with E-state index in [1.165, 1.54) is 0 Å². The number of nitrogens with one attached hydrogen (secondary N) is 1. The van der Waals surface area contributed by atoms with Gasteiger partial charge in [0.1, 0.15) is 23.9 Å². The van der Waals surface area contributed by atoms with Gasteiger partial charge < -0.3 is 14.0 Å². The standard InChI is InChI=1S/C17H20N4O3/c1-21-15(10-3-4-10)19-20-17(21)18-16(22)12-7-11-5-6-13(23-2)8-14(11)24-9-12/h5-6,8,10,12H,3-4,7,9H2,1-2H3,(H,18,20,22). The number of amides is 1. The first-order chi connectivity index (χ1) is 11.7. The van der Waals surface area contributed by atoms with Gasteiger partial charge in [0.2, 0.25) is 11.9 Å². The largest absolute Gasteiger partial charge is 0.497 e. The van der Waals surface area contributed by atoms with Gasteiger partial charge in [0.05, 0.1) is 13.0 Å². The van der Waals surface area contributed by atoms with Crippen LogP contribution >= 0.6 is 0 Å². The Balaban J connectivity index is 1.45. The third kappa shape index (κ3) is 2.70. The molecule has 1 unspecified atom stereocenters. The third-order valence-electron chi connectivity index (χ3n) is 4.64. The number of fused-ring (bicyclic) bond motifs is 1. The van der Waals surface area contributed by atoms with Gasteiger partial charge in [-0.25, -0.2) is 0 Å². The van der Waals surface area contributed by atoms with Crippen LogP contribution in [0.25, 0.3) is 0 Å². The summed E-state index contributed by atoms with van der Waals surface area (Å²) in [6, 6.07) is 5.68. The van der Waals surface area contributed by atoms with Crippen LogP contribution in [0.15, 0.2) is 18.2 Å². The molecule has 1 aliphatic carbocycles. The number of rotatable bonds is 4. The molecular formula is C17H20N4O3. The lowest BCUT2D eigenvalue weighted by Crippen LogP contribution is -2.33. The molecule has 24 heavy (non-hydrogen) atoms. The van der Waals surface area contributed by atoms with Gasteiger partial charge in [-0.3, -0.25) is 10.1 Å². The van der Waals surface area contributed by atoms with E-state index >= 15 is 0 Å². The van der Waals surface area contributed by atoms with Crippen molar-refractivity contribution in [3.05, 3.63) is 29.6 Å². The van der Waals surface area contributed by atoms with Crippen molar-refractivity contribution >= 4 is 11.9 Å². The Bertz CT molecular complexity index is 782. The molecule has 4 rings (SSSR count). The van der Waals surface area contributed by atoms with Gasteiger partial charge in [0, 0.05) is 19.0 Å². The Labute approximate surface area is 140 Å². The van der Waals surface area contributed by atoms with E-state index in [2.05, 4.69) is 15.5 Å². The molecule has 1 saturated carbocycles. The monoisotopic (exact) mass is 328 g/mol. The highest BCUT2D eigenvalue weighted by atomic mass is 16.5. The van der Waals surface area contributed by atoms with Gasteiger partial charge in [-0.1, -0.05) is 6.07 Å². The summed E-state index contributed by atoms with van der Waals surface area (Å²) in [4.78, 5) is 12.6. The third-order valence-corrected chi connectivity index (χ3v) is 4.64. The minimum Gasteiger partial charge on any atom is -0.497 e. The molecule has 1 aromatic heterocycles. The van der Waals surface area contributed by atoms with Gasteiger partial charge in [-0.15, -0.1) is 10.2 Å². The highest BCUT2D eigenvalue weighted by Gasteiger charge is 2.31. The van der Waals surface area contributed by atoms with Crippen LogP contribution in [-0.2, 0) is 18.3 Å². The van der Waals surface area contributed by atoms with Gasteiger partial charge in [-0.05, 0) is 30.9 Å². The Kier molecular flexibility index (Phi) is 3.63. The average molecular weight is 328 g/mol. The van der Waals surface area contributed by atoms with Crippen molar-refractivity contribution in [2.45, 2.75) is 25.2 Å². The van der Waals surface area contributed by atoms with Crippen LogP contribution in [0.5, 0.6) is 11.5 Å². The number of benzene rings is 1. The molecule has 1 amide bonds. The van der Waals surface area contributed by atoms with Crippen molar-refractivity contribution in [1.82, 2.24) is 14.8 Å². The zero-order valence-electron chi connectivity index (χ0n) is 13.8. The van der Waals surface area contributed by atoms with Crippen LogP contribution in [0, 0.1) is 5.92 Å². The SMILES string of the molecule is COc1ccc2c(c1)OCC(C(=O)Nc1nnc(C3CC3)n1C)C2. The second-order valence-electron chi connectivity index (χ2n) is 6.39. The fourth-order valence-corrected chi connectivity index (χ4v) is 3.01. The molecular weight excluding hydrogens is 308 g/mol. The molecule has 0 radical (unpaired) electrons. The summed E-state index contributed by atoms with van der Waals surface area (Å²) >= 11 is 0. The van der Waals surface area contributed by atoms with Crippen LogP contribution in [0.1, 0.15) is 30.1 Å². The molecule has 1 aromatic carbocycles. The Morgan fingerprint density at radius 3 is 2.96 bits per heavy atom. The minimum atomic E-state index is -0.244. The van der Waals surface area contributed by atoms with Crippen molar-refractivity contribution in [3.8, 4) is 11.5 Å². The fourth-order valence-electron chi connectivity index (χ4n) is 3.01. The van der Waals surface area contributed by atoms with Crippen LogP contribution in [0.3, 0.4) is 0 Å². The van der Waals surface area contributed by atoms with Crippen LogP contribution < -0.4 is 14.8 Å². The molecule has 2 aliphatic rings. The van der Waals surface area contributed by atoms with E-state index < -0.39 is 0 Å². The van der Waals surface area contributed by atoms with Gasteiger partial charge in [-0.2, -0.15) is 0 Å². The zero-order valence-corrected chi connectivity index (χ0v) is 13.8. The molecule has 1 atom stereocenters. The van der Waals surface area contributed by atoms with E-state index in [0.29, 0.717) is 24.9 Å². The molecule has 1 aliphatic heterocycles. The van der Waals surface area contributed by atoms with E-state index in [1.54, 1.807) is 7.11 Å². The van der Waals surface area contributed by atoms with Crippen LogP contribution in [-0.4, -0.2) is 34.4 Å². The predicted molar refractivity (Wildman–Crippen MR) is 87.3 cm³/mol. The quantitative estimate of drug-likeness (QED) is 0.927. The highest BCUT2D eigenvalue weighted by Crippen LogP contribution is 2.39. The molecule has 0 bridgehead atoms. The summed E-state index contributed by atoms with van der Waals surface area (Å²) in [5.41, 5.74) is 1.01. The number of hydrogen-bond acceptors (Lipinski definition) is 5. The molecule has 1 N–H and O–H groups in total. The van der Waals surface area contributed by atoms with Crippen molar-refractivity contribution < 1.29 is 14.3 Å². The normalized spacial score (nSPS) is 19.3. The molecule has 7 nitrogen and oxygen atoms in total. The van der Waals surface area contributed by atoms with Crippen molar-refractivity contribution in [1.29, 1.82) is 0 Å². The molecule has 0 spiro atoms. The first-order valence-corrected chi connectivity index (χ1v) is 8.15. The van der Waals surface area contributed by atoms with Crippen LogP contribution in [0.4, 0.5) is 5.95 Å². The Hall–Kier alpha value is -2.57. The number of aromatic nitrogens is 3. The van der Waals surface area contributed by atoms with E-state index in [1.807, 2.05) is 29.8 Å². The Morgan fingerprint density at radius 1 is 1.38 bits per heavy atom. The number of methoxy groups -OCH3 is 1. The van der Waals surface area contributed by atoms with Gasteiger partial charge in [0.15, 0.2) is 0 Å². The maximum Gasteiger partial charge on any atom is 0.233 e. The summed E-state index contributed by atoms with van der Waals surface area (Å²) in [6.45, 7) is 0.347. The lowest BCUT2D eigenvalue weighted by molar-refractivity contribution is -0.121. The fraction of sp³-hybridized carbons (Fsp3) is 0.471.